The fourth-order valence-corrected chi connectivity index (χ4v) is 0.214. The van der Waals surface area contributed by atoms with E-state index < -0.39 is 5.56 Å². The molecule has 0 saturated carbocycles. The van der Waals surface area contributed by atoms with E-state index in [-0.39, 0.29) is 6.17 Å². The highest BCUT2D eigenvalue weighted by Gasteiger charge is 1.70. The van der Waals surface area contributed by atoms with Crippen molar-refractivity contribution in [2.75, 3.05) is 0 Å². The Morgan fingerprint density at radius 1 is 2.17 bits per heavy atom. The van der Waals surface area contributed by atoms with E-state index in [9.17, 15) is 4.79 Å². The van der Waals surface area contributed by atoms with Crippen molar-refractivity contribution < 1.29 is 2.78 Å². The lowest BCUT2D eigenvalue weighted by atomic mass is 10.7. The number of nitrogens with one attached hydrogen (secondary N) is 2. The largest absolute Gasteiger partial charge is 0.305 e. The van der Waals surface area contributed by atoms with Gasteiger partial charge >= 0.3 is 0 Å². The van der Waals surface area contributed by atoms with Gasteiger partial charge in [0.1, 0.15) is 0 Å². The zero-order chi connectivity index (χ0) is 6.15. The zero-order valence-corrected chi connectivity index (χ0v) is 2.93. The van der Waals surface area contributed by atoms with Crippen molar-refractivity contribution in [3.8, 4) is 0 Å². The van der Waals surface area contributed by atoms with E-state index in [2.05, 4.69) is 5.10 Å². The van der Waals surface area contributed by atoms with Gasteiger partial charge in [-0.25, -0.2) is 0 Å². The average Bonchev–Trinajstić information content (AvgIpc) is 1.85. The molecule has 0 aliphatic heterocycles. The van der Waals surface area contributed by atoms with Crippen molar-refractivity contribution in [1.82, 2.24) is 10.2 Å². The molecule has 32 valence electrons. The highest BCUT2D eigenvalue weighted by molar-refractivity contribution is 4.75. The quantitative estimate of drug-likeness (QED) is 0.449. The van der Waals surface area contributed by atoms with E-state index >= 15 is 0 Å². The molecule has 0 aromatic carbocycles. The van der Waals surface area contributed by atoms with Gasteiger partial charge in [0.15, 0.2) is 1.41 Å². The van der Waals surface area contributed by atoms with Gasteiger partial charge in [-0.15, -0.1) is 0 Å². The van der Waals surface area contributed by atoms with Gasteiger partial charge in [0.25, 0.3) is 5.56 Å². The van der Waals surface area contributed by atoms with Crippen molar-refractivity contribution in [3.05, 3.63) is 22.6 Å². The lowest BCUT2D eigenvalue weighted by Gasteiger charge is -1.55. The smallest absolute Gasteiger partial charge is 0.263 e. The second kappa shape index (κ2) is 1.01. The molecule has 0 atom stereocenters. The predicted molar refractivity (Wildman–Crippen MR) is 21.4 cm³/mol. The first-order valence-electron chi connectivity index (χ1n) is 2.43. The zero-order valence-electron chi connectivity index (χ0n) is 4.93. The molecule has 3 nitrogen and oxygen atoms in total. The fraction of sp³-hybridized carbons (Fsp3) is 0. The van der Waals surface area contributed by atoms with E-state index in [1.165, 1.54) is 0 Å². The second-order valence-corrected chi connectivity index (χ2v) is 0.851. The summed E-state index contributed by atoms with van der Waals surface area (Å²) >= 11 is 0. The Hall–Kier alpha value is -0.990. The molecule has 1 rings (SSSR count). The fourth-order valence-electron chi connectivity index (χ4n) is 0.214. The summed E-state index contributed by atoms with van der Waals surface area (Å²) in [6.45, 7) is 0. The average molecular weight is 88.1 g/mol. The Balaban J connectivity index is 3.35. The molecule has 0 bridgehead atoms. The SMILES string of the molecule is [3H]c1cc(=O)n([3H])[nH]1. The van der Waals surface area contributed by atoms with Gasteiger partial charge in [-0.05, 0) is 0 Å². The van der Waals surface area contributed by atoms with Gasteiger partial charge in [-0.2, -0.15) is 0 Å². The Labute approximate surface area is 36.9 Å². The monoisotopic (exact) mass is 88.0 g/mol. The third-order valence-electron chi connectivity index (χ3n) is 0.426. The van der Waals surface area contributed by atoms with Crippen LogP contribution in [0.15, 0.2) is 17.0 Å². The van der Waals surface area contributed by atoms with Crippen LogP contribution in [-0.4, -0.2) is 10.2 Å². The van der Waals surface area contributed by atoms with E-state index in [4.69, 9.17) is 2.78 Å². The van der Waals surface area contributed by atoms with Gasteiger partial charge in [0.05, 0.1) is 1.37 Å². The van der Waals surface area contributed by atoms with Crippen LogP contribution in [0.2, 0.25) is 1.41 Å². The molecule has 1 aromatic heterocycles. The summed E-state index contributed by atoms with van der Waals surface area (Å²) < 4.78 is 13.4. The van der Waals surface area contributed by atoms with Crippen molar-refractivity contribution in [3.63, 3.8) is 0 Å². The molecular formula is C3H4N2O. The second-order valence-electron chi connectivity index (χ2n) is 0.851. The maximum atomic E-state index is 10.3. The molecule has 0 unspecified atom stereocenters. The molecule has 0 aliphatic carbocycles. The predicted octanol–water partition coefficient (Wildman–Crippen LogP) is -0.297. The molecule has 0 radical (unpaired) electrons. The summed E-state index contributed by atoms with van der Waals surface area (Å²) in [5.41, 5.74) is -0.505. The Morgan fingerprint density at radius 3 is 3.17 bits per heavy atom. The van der Waals surface area contributed by atoms with Gasteiger partial charge in [-0.3, -0.25) is 9.89 Å². The van der Waals surface area contributed by atoms with Crippen LogP contribution < -0.4 is 5.56 Å². The van der Waals surface area contributed by atoms with E-state index in [1.54, 1.807) is 0 Å². The van der Waals surface area contributed by atoms with Gasteiger partial charge < -0.3 is 5.10 Å². The number of aromatic nitrogens is 2. The molecule has 1 aromatic rings. The molecule has 2 N–H and O–H groups in total. The molecule has 0 aliphatic rings. The minimum atomic E-state index is -0.505. The molecule has 1 heterocycles. The van der Waals surface area contributed by atoms with E-state index in [1.807, 2.05) is 0 Å². The third kappa shape index (κ3) is 0.337. The van der Waals surface area contributed by atoms with Crippen LogP contribution in [-0.2, 0) is 0 Å². The van der Waals surface area contributed by atoms with Crippen LogP contribution in [0.4, 0.5) is 0 Å². The van der Waals surface area contributed by atoms with Crippen LogP contribution >= 0.6 is 0 Å². The van der Waals surface area contributed by atoms with Crippen LogP contribution in [0.25, 0.3) is 0 Å². The van der Waals surface area contributed by atoms with Crippen LogP contribution in [0.3, 0.4) is 0 Å². The molecule has 0 fully saturated rings. The van der Waals surface area contributed by atoms with E-state index in [0.29, 0.717) is 5.09 Å². The first kappa shape index (κ1) is 1.64. The van der Waals surface area contributed by atoms with E-state index in [0.717, 1.165) is 6.07 Å². The molecule has 0 saturated heterocycles. The highest BCUT2D eigenvalue weighted by atomic mass is 16.1. The maximum Gasteiger partial charge on any atom is 0.263 e. The standard InChI is InChI=1S/C3H4N2O/c6-3-1-2-4-5-3/h1-2H,(H2,4,5,6)/i2T/hT. The Morgan fingerprint density at radius 2 is 3.00 bits per heavy atom. The summed E-state index contributed by atoms with van der Waals surface area (Å²) in [6, 6.07) is 1.03. The minimum Gasteiger partial charge on any atom is -0.305 e. The number of rotatable bonds is 0. The lowest BCUT2D eigenvalue weighted by Crippen LogP contribution is -1.93. The van der Waals surface area contributed by atoms with Crippen LogP contribution in [0.5, 0.6) is 0 Å². The number of aromatic amines is 2. The molecule has 6 heavy (non-hydrogen) atoms. The first-order valence-corrected chi connectivity index (χ1v) is 1.48. The van der Waals surface area contributed by atoms with Crippen molar-refractivity contribution in [2.45, 2.75) is 0 Å². The minimum absolute atomic E-state index is 0.0370. The molecule has 3 heteroatoms. The van der Waals surface area contributed by atoms with Crippen LogP contribution in [0, 0.1) is 0 Å². The number of H-pyrrole nitrogens is 2. The highest BCUT2D eigenvalue weighted by Crippen LogP contribution is 1.53. The van der Waals surface area contributed by atoms with Gasteiger partial charge in [0.2, 0.25) is 0 Å². The molecular weight excluding hydrogens is 80.0 g/mol. The number of hydrogen-bond acceptors (Lipinski definition) is 1. The number of hydrogen-bond donors (Lipinski definition) is 2. The normalized spacial score (nSPS) is 13.3. The van der Waals surface area contributed by atoms with Gasteiger partial charge in [-0.1, -0.05) is 0 Å². The topological polar surface area (TPSA) is 48.6 Å². The Kier molecular flexibility index (Phi) is 0.275. The van der Waals surface area contributed by atoms with Crippen molar-refractivity contribution >= 4 is 0 Å². The maximum absolute atomic E-state index is 10.3. The summed E-state index contributed by atoms with van der Waals surface area (Å²) in [6.07, 6.45) is -0.0370. The van der Waals surface area contributed by atoms with Gasteiger partial charge in [0, 0.05) is 12.2 Å². The summed E-state index contributed by atoms with van der Waals surface area (Å²) in [7, 11) is 0. The molecule has 0 amide bonds. The van der Waals surface area contributed by atoms with Crippen molar-refractivity contribution in [2.24, 2.45) is 0 Å². The molecule has 0 spiro atoms. The van der Waals surface area contributed by atoms with Crippen LogP contribution in [0.1, 0.15) is 1.37 Å². The summed E-state index contributed by atoms with van der Waals surface area (Å²) in [5, 5.41) is 2.65. The first-order chi connectivity index (χ1) is 3.70. The Bertz CT molecular complexity index is 238. The third-order valence-corrected chi connectivity index (χ3v) is 0.426. The lowest BCUT2D eigenvalue weighted by molar-refractivity contribution is 1.06. The summed E-state index contributed by atoms with van der Waals surface area (Å²) in [5.74, 6) is 0. The van der Waals surface area contributed by atoms with Crippen molar-refractivity contribution in [1.29, 1.82) is 0 Å². The summed E-state index contributed by atoms with van der Waals surface area (Å²) in [4.78, 5) is 10.3.